The molecule has 1 aliphatic carbocycles. The van der Waals surface area contributed by atoms with Crippen molar-refractivity contribution in [3.63, 3.8) is 0 Å². The molecular formula is C11H16N2. The number of pyridine rings is 1. The third-order valence-electron chi connectivity index (χ3n) is 3.27. The third kappa shape index (κ3) is 1.09. The molecule has 1 fully saturated rings. The van der Waals surface area contributed by atoms with Crippen LogP contribution in [0, 0.1) is 5.41 Å². The molecule has 1 unspecified atom stereocenters. The summed E-state index contributed by atoms with van der Waals surface area (Å²) >= 11 is 0. The molecule has 1 heterocycles. The van der Waals surface area contributed by atoms with Crippen LogP contribution in [0.15, 0.2) is 24.4 Å². The molecule has 1 saturated carbocycles. The first kappa shape index (κ1) is 8.70. The summed E-state index contributed by atoms with van der Waals surface area (Å²) in [4.78, 5) is 4.42. The highest BCUT2D eigenvalue weighted by Crippen LogP contribution is 2.61. The fourth-order valence-electron chi connectivity index (χ4n) is 2.23. The summed E-state index contributed by atoms with van der Waals surface area (Å²) in [5.74, 6) is 0. The van der Waals surface area contributed by atoms with Crippen molar-refractivity contribution < 1.29 is 0 Å². The largest absolute Gasteiger partial charge is 0.309 e. The summed E-state index contributed by atoms with van der Waals surface area (Å²) < 4.78 is 0. The van der Waals surface area contributed by atoms with Crippen LogP contribution in [0.4, 0.5) is 0 Å². The van der Waals surface area contributed by atoms with Gasteiger partial charge in [-0.1, -0.05) is 19.9 Å². The normalized spacial score (nSPS) is 30.1. The highest BCUT2D eigenvalue weighted by Gasteiger charge is 2.62. The Morgan fingerprint density at radius 2 is 2.08 bits per heavy atom. The molecule has 0 radical (unpaired) electrons. The van der Waals surface area contributed by atoms with E-state index in [4.69, 9.17) is 0 Å². The number of hydrogen-bond acceptors (Lipinski definition) is 2. The van der Waals surface area contributed by atoms with Gasteiger partial charge in [-0.2, -0.15) is 0 Å². The fraction of sp³-hybridized carbons (Fsp3) is 0.545. The number of nitrogens with zero attached hydrogens (tertiary/aromatic N) is 1. The molecule has 0 saturated heterocycles. The lowest BCUT2D eigenvalue weighted by atomic mass is 10.0. The Morgan fingerprint density at radius 1 is 1.38 bits per heavy atom. The maximum absolute atomic E-state index is 4.42. The molecule has 1 aromatic heterocycles. The summed E-state index contributed by atoms with van der Waals surface area (Å²) in [6.07, 6.45) is 3.04. The molecule has 0 amide bonds. The first-order valence-electron chi connectivity index (χ1n) is 4.73. The number of hydrogen-bond donors (Lipinski definition) is 1. The van der Waals surface area contributed by atoms with Gasteiger partial charge < -0.3 is 5.32 Å². The smallest absolute Gasteiger partial charge is 0.0664 e. The fourth-order valence-corrected chi connectivity index (χ4v) is 2.23. The lowest BCUT2D eigenvalue weighted by molar-refractivity contribution is 0.431. The van der Waals surface area contributed by atoms with Crippen molar-refractivity contribution in [1.29, 1.82) is 0 Å². The van der Waals surface area contributed by atoms with Gasteiger partial charge in [0.2, 0.25) is 0 Å². The summed E-state index contributed by atoms with van der Waals surface area (Å²) in [6.45, 7) is 4.55. The van der Waals surface area contributed by atoms with E-state index < -0.39 is 0 Å². The van der Waals surface area contributed by atoms with Crippen molar-refractivity contribution in [2.45, 2.75) is 25.8 Å². The van der Waals surface area contributed by atoms with Gasteiger partial charge in [-0.15, -0.1) is 0 Å². The van der Waals surface area contributed by atoms with Gasteiger partial charge in [0.05, 0.1) is 11.2 Å². The summed E-state index contributed by atoms with van der Waals surface area (Å²) in [7, 11) is 2.02. The molecule has 1 aromatic rings. The molecule has 70 valence electrons. The predicted molar refractivity (Wildman–Crippen MR) is 53.4 cm³/mol. The van der Waals surface area contributed by atoms with Crippen molar-refractivity contribution in [3.05, 3.63) is 30.1 Å². The van der Waals surface area contributed by atoms with Gasteiger partial charge in [-0.05, 0) is 31.0 Å². The van der Waals surface area contributed by atoms with Gasteiger partial charge in [0.15, 0.2) is 0 Å². The first-order valence-corrected chi connectivity index (χ1v) is 4.73. The van der Waals surface area contributed by atoms with Crippen LogP contribution in [0.25, 0.3) is 0 Å². The molecule has 0 spiro atoms. The second-order valence-corrected chi connectivity index (χ2v) is 4.43. The zero-order valence-corrected chi connectivity index (χ0v) is 8.46. The standard InChI is InChI=1S/C11H16N2/c1-10(2)8-11(10,12-3)9-6-4-5-7-13-9/h4-7,12H,8H2,1-3H3. The van der Waals surface area contributed by atoms with Crippen LogP contribution in [0.1, 0.15) is 26.0 Å². The quantitative estimate of drug-likeness (QED) is 0.744. The predicted octanol–water partition coefficient (Wildman–Crippen LogP) is 1.93. The van der Waals surface area contributed by atoms with E-state index in [1.54, 1.807) is 0 Å². The van der Waals surface area contributed by atoms with Gasteiger partial charge in [0.25, 0.3) is 0 Å². The van der Waals surface area contributed by atoms with Crippen molar-refractivity contribution in [1.82, 2.24) is 10.3 Å². The first-order chi connectivity index (χ1) is 6.12. The van der Waals surface area contributed by atoms with Crippen molar-refractivity contribution in [3.8, 4) is 0 Å². The van der Waals surface area contributed by atoms with Crippen LogP contribution in [-0.2, 0) is 5.54 Å². The molecule has 0 aromatic carbocycles. The Labute approximate surface area is 79.4 Å². The second kappa shape index (κ2) is 2.55. The van der Waals surface area contributed by atoms with Crippen molar-refractivity contribution >= 4 is 0 Å². The molecule has 1 atom stereocenters. The van der Waals surface area contributed by atoms with E-state index in [9.17, 15) is 0 Å². The summed E-state index contributed by atoms with van der Waals surface area (Å²) in [5.41, 5.74) is 1.63. The number of nitrogens with one attached hydrogen (secondary N) is 1. The highest BCUT2D eigenvalue weighted by molar-refractivity contribution is 5.30. The molecule has 2 rings (SSSR count). The minimum atomic E-state index is 0.119. The number of aromatic nitrogens is 1. The molecule has 0 bridgehead atoms. The molecular weight excluding hydrogens is 160 g/mol. The van der Waals surface area contributed by atoms with Gasteiger partial charge in [0.1, 0.15) is 0 Å². The third-order valence-corrected chi connectivity index (χ3v) is 3.27. The molecule has 1 N–H and O–H groups in total. The van der Waals surface area contributed by atoms with Gasteiger partial charge in [-0.3, -0.25) is 4.98 Å². The highest BCUT2D eigenvalue weighted by atomic mass is 15.1. The zero-order chi connectivity index (χ0) is 9.53. The van der Waals surface area contributed by atoms with Crippen LogP contribution >= 0.6 is 0 Å². The second-order valence-electron chi connectivity index (χ2n) is 4.43. The van der Waals surface area contributed by atoms with E-state index in [1.807, 2.05) is 19.3 Å². The topological polar surface area (TPSA) is 24.9 Å². The van der Waals surface area contributed by atoms with E-state index in [0.717, 1.165) is 0 Å². The van der Waals surface area contributed by atoms with Crippen molar-refractivity contribution in [2.24, 2.45) is 5.41 Å². The lowest BCUT2D eigenvalue weighted by Crippen LogP contribution is -2.30. The molecule has 1 aliphatic rings. The average molecular weight is 176 g/mol. The van der Waals surface area contributed by atoms with Crippen LogP contribution in [0.3, 0.4) is 0 Å². The minimum absolute atomic E-state index is 0.119. The SMILES string of the molecule is CNC1(c2ccccn2)CC1(C)C. The van der Waals surface area contributed by atoms with E-state index in [1.165, 1.54) is 12.1 Å². The Kier molecular flexibility index (Phi) is 1.70. The van der Waals surface area contributed by atoms with E-state index in [-0.39, 0.29) is 5.54 Å². The maximum atomic E-state index is 4.42. The lowest BCUT2D eigenvalue weighted by Gasteiger charge is -2.18. The monoisotopic (exact) mass is 176 g/mol. The van der Waals surface area contributed by atoms with Crippen molar-refractivity contribution in [2.75, 3.05) is 7.05 Å². The molecule has 13 heavy (non-hydrogen) atoms. The molecule has 0 aliphatic heterocycles. The van der Waals surface area contributed by atoms with Crippen LogP contribution < -0.4 is 5.32 Å². The van der Waals surface area contributed by atoms with Gasteiger partial charge >= 0.3 is 0 Å². The number of rotatable bonds is 2. The van der Waals surface area contributed by atoms with E-state index in [0.29, 0.717) is 5.41 Å². The van der Waals surface area contributed by atoms with Gasteiger partial charge in [0, 0.05) is 6.20 Å². The van der Waals surface area contributed by atoms with E-state index in [2.05, 4.69) is 36.3 Å². The van der Waals surface area contributed by atoms with E-state index >= 15 is 0 Å². The molecule has 2 heteroatoms. The zero-order valence-electron chi connectivity index (χ0n) is 8.46. The maximum Gasteiger partial charge on any atom is 0.0664 e. The summed E-state index contributed by atoms with van der Waals surface area (Å²) in [6, 6.07) is 6.11. The minimum Gasteiger partial charge on any atom is -0.309 e. The van der Waals surface area contributed by atoms with Crippen LogP contribution in [0.2, 0.25) is 0 Å². The van der Waals surface area contributed by atoms with Crippen LogP contribution in [0.5, 0.6) is 0 Å². The molecule has 2 nitrogen and oxygen atoms in total. The Bertz CT molecular complexity index is 305. The Morgan fingerprint density at radius 3 is 2.46 bits per heavy atom. The Hall–Kier alpha value is -0.890. The van der Waals surface area contributed by atoms with Gasteiger partial charge in [-0.25, -0.2) is 0 Å². The van der Waals surface area contributed by atoms with Crippen LogP contribution in [-0.4, -0.2) is 12.0 Å². The average Bonchev–Trinajstić information content (AvgIpc) is 2.72. The summed E-state index contributed by atoms with van der Waals surface area (Å²) in [5, 5.41) is 3.40. The Balaban J connectivity index is 2.37.